The maximum atomic E-state index is 12.6. The van der Waals surface area contributed by atoms with Crippen molar-refractivity contribution in [2.24, 2.45) is 0 Å². The molecule has 0 amide bonds. The molecule has 1 atom stereocenters. The van der Waals surface area contributed by atoms with E-state index < -0.39 is 11.7 Å². The number of hydrogen-bond donors (Lipinski definition) is 2. The van der Waals surface area contributed by atoms with E-state index in [1.54, 1.807) is 18.5 Å². The van der Waals surface area contributed by atoms with E-state index in [-0.39, 0.29) is 18.4 Å². The summed E-state index contributed by atoms with van der Waals surface area (Å²) in [7, 11) is 0. The second kappa shape index (κ2) is 6.76. The second-order valence-corrected chi connectivity index (χ2v) is 4.26. The fourth-order valence-electron chi connectivity index (χ4n) is 1.75. The lowest BCUT2D eigenvalue weighted by atomic mass is 10.0. The van der Waals surface area contributed by atoms with Gasteiger partial charge in [0, 0.05) is 18.4 Å². The Kier molecular flexibility index (Phi) is 5.59. The number of nitrogens with one attached hydrogen (secondary N) is 2. The number of rotatable bonds is 4. The van der Waals surface area contributed by atoms with Crippen LogP contribution < -0.4 is 5.32 Å². The first-order valence-corrected chi connectivity index (χ1v) is 5.85. The van der Waals surface area contributed by atoms with Gasteiger partial charge in [-0.1, -0.05) is 12.1 Å². The molecule has 3 nitrogen and oxygen atoms in total. The van der Waals surface area contributed by atoms with Crippen molar-refractivity contribution < 1.29 is 13.2 Å². The first-order chi connectivity index (χ1) is 8.97. The van der Waals surface area contributed by atoms with Crippen LogP contribution in [0.25, 0.3) is 0 Å². The summed E-state index contributed by atoms with van der Waals surface area (Å²) in [6.07, 6.45) is -0.978. The maximum absolute atomic E-state index is 12.6. The summed E-state index contributed by atoms with van der Waals surface area (Å²) in [6.45, 7) is 2.29. The molecular formula is C13H15ClF3N3. The molecule has 0 bridgehead atoms. The van der Waals surface area contributed by atoms with Gasteiger partial charge in [-0.3, -0.25) is 0 Å². The van der Waals surface area contributed by atoms with Crippen molar-refractivity contribution in [3.63, 3.8) is 0 Å². The minimum absolute atomic E-state index is 0. The molecule has 0 saturated heterocycles. The van der Waals surface area contributed by atoms with E-state index in [1.165, 1.54) is 12.1 Å². The van der Waals surface area contributed by atoms with Crippen LogP contribution in [0, 0.1) is 0 Å². The molecule has 20 heavy (non-hydrogen) atoms. The molecular weight excluding hydrogens is 291 g/mol. The van der Waals surface area contributed by atoms with E-state index >= 15 is 0 Å². The zero-order chi connectivity index (χ0) is 13.9. The summed E-state index contributed by atoms with van der Waals surface area (Å²) in [5, 5.41) is 3.12. The van der Waals surface area contributed by atoms with Crippen LogP contribution in [0.15, 0.2) is 36.7 Å². The van der Waals surface area contributed by atoms with Gasteiger partial charge in [0.2, 0.25) is 0 Å². The molecule has 1 heterocycles. The number of aromatic amines is 1. The second-order valence-electron chi connectivity index (χ2n) is 4.26. The van der Waals surface area contributed by atoms with Gasteiger partial charge in [-0.2, -0.15) is 13.2 Å². The van der Waals surface area contributed by atoms with Gasteiger partial charge in [-0.05, 0) is 24.6 Å². The molecule has 2 N–H and O–H groups in total. The predicted octanol–water partition coefficient (Wildman–Crippen LogP) is 3.70. The van der Waals surface area contributed by atoms with Gasteiger partial charge in [0.1, 0.15) is 5.82 Å². The molecule has 0 aliphatic rings. The van der Waals surface area contributed by atoms with E-state index in [2.05, 4.69) is 15.3 Å². The van der Waals surface area contributed by atoms with Crippen LogP contribution in [-0.4, -0.2) is 9.97 Å². The lowest BCUT2D eigenvalue weighted by molar-refractivity contribution is -0.137. The Morgan fingerprint density at radius 2 is 2.10 bits per heavy atom. The van der Waals surface area contributed by atoms with Crippen LogP contribution in [0.3, 0.4) is 0 Å². The van der Waals surface area contributed by atoms with Gasteiger partial charge in [0.05, 0.1) is 12.1 Å². The highest BCUT2D eigenvalue weighted by Gasteiger charge is 2.30. The molecule has 0 aliphatic carbocycles. The van der Waals surface area contributed by atoms with Gasteiger partial charge in [-0.25, -0.2) is 4.98 Å². The molecule has 2 aromatic rings. The van der Waals surface area contributed by atoms with Crippen molar-refractivity contribution in [2.45, 2.75) is 25.7 Å². The average Bonchev–Trinajstić information content (AvgIpc) is 2.88. The van der Waals surface area contributed by atoms with E-state index in [0.717, 1.165) is 11.9 Å². The van der Waals surface area contributed by atoms with Gasteiger partial charge >= 0.3 is 6.18 Å². The summed E-state index contributed by atoms with van der Waals surface area (Å²) < 4.78 is 37.8. The van der Waals surface area contributed by atoms with Crippen LogP contribution in [0.1, 0.15) is 29.9 Å². The Labute approximate surface area is 121 Å². The van der Waals surface area contributed by atoms with Crippen LogP contribution in [0.4, 0.5) is 13.2 Å². The van der Waals surface area contributed by atoms with Crippen LogP contribution in [0.2, 0.25) is 0 Å². The van der Waals surface area contributed by atoms with E-state index in [0.29, 0.717) is 12.1 Å². The Morgan fingerprint density at radius 1 is 1.35 bits per heavy atom. The van der Waals surface area contributed by atoms with Crippen molar-refractivity contribution in [2.75, 3.05) is 0 Å². The molecule has 1 aromatic carbocycles. The Bertz CT molecular complexity index is 526. The molecule has 1 unspecified atom stereocenters. The van der Waals surface area contributed by atoms with Crippen LogP contribution in [0.5, 0.6) is 0 Å². The van der Waals surface area contributed by atoms with E-state index in [4.69, 9.17) is 0 Å². The normalized spacial score (nSPS) is 12.8. The predicted molar refractivity (Wildman–Crippen MR) is 72.5 cm³/mol. The number of nitrogens with zero attached hydrogens (tertiary/aromatic N) is 1. The summed E-state index contributed by atoms with van der Waals surface area (Å²) >= 11 is 0. The minimum atomic E-state index is -4.31. The van der Waals surface area contributed by atoms with Crippen LogP contribution in [-0.2, 0) is 12.7 Å². The fraction of sp³-hybridized carbons (Fsp3) is 0.308. The Morgan fingerprint density at radius 3 is 2.70 bits per heavy atom. The zero-order valence-electron chi connectivity index (χ0n) is 10.7. The molecule has 7 heteroatoms. The van der Waals surface area contributed by atoms with Crippen molar-refractivity contribution in [3.05, 3.63) is 53.6 Å². The topological polar surface area (TPSA) is 40.7 Å². The lowest BCUT2D eigenvalue weighted by Crippen LogP contribution is -2.19. The van der Waals surface area contributed by atoms with Crippen molar-refractivity contribution in [3.8, 4) is 0 Å². The Balaban J connectivity index is 0.00000200. The zero-order valence-corrected chi connectivity index (χ0v) is 11.6. The smallest absolute Gasteiger partial charge is 0.348 e. The van der Waals surface area contributed by atoms with Gasteiger partial charge in [0.25, 0.3) is 0 Å². The standard InChI is InChI=1S/C13H14F3N3.ClH/c1-9(19-8-12-17-5-6-18-12)10-3-2-4-11(7-10)13(14,15)16;/h2-7,9,19H,8H2,1H3,(H,17,18);1H. The molecule has 0 aliphatic heterocycles. The first kappa shape index (κ1) is 16.5. The van der Waals surface area contributed by atoms with Crippen LogP contribution >= 0.6 is 12.4 Å². The van der Waals surface area contributed by atoms with Gasteiger partial charge in [0.15, 0.2) is 0 Å². The van der Waals surface area contributed by atoms with E-state index in [1.807, 2.05) is 6.92 Å². The molecule has 0 saturated carbocycles. The first-order valence-electron chi connectivity index (χ1n) is 5.85. The monoisotopic (exact) mass is 305 g/mol. The minimum Gasteiger partial charge on any atom is -0.348 e. The number of imidazole rings is 1. The third-order valence-corrected chi connectivity index (χ3v) is 2.84. The lowest BCUT2D eigenvalue weighted by Gasteiger charge is -2.15. The highest BCUT2D eigenvalue weighted by Crippen LogP contribution is 2.30. The number of alkyl halides is 3. The summed E-state index contributed by atoms with van der Waals surface area (Å²) in [4.78, 5) is 6.97. The highest BCUT2D eigenvalue weighted by molar-refractivity contribution is 5.85. The fourth-order valence-corrected chi connectivity index (χ4v) is 1.75. The summed E-state index contributed by atoms with van der Waals surface area (Å²) in [6, 6.07) is 5.15. The third kappa shape index (κ3) is 4.25. The summed E-state index contributed by atoms with van der Waals surface area (Å²) in [5.74, 6) is 0.749. The van der Waals surface area contributed by atoms with Crippen molar-refractivity contribution >= 4 is 12.4 Å². The Hall–Kier alpha value is -1.53. The van der Waals surface area contributed by atoms with Gasteiger partial charge < -0.3 is 10.3 Å². The summed E-state index contributed by atoms with van der Waals surface area (Å²) in [5.41, 5.74) is -0.0296. The largest absolute Gasteiger partial charge is 0.416 e. The molecule has 110 valence electrons. The molecule has 0 spiro atoms. The molecule has 2 rings (SSSR count). The third-order valence-electron chi connectivity index (χ3n) is 2.84. The number of halogens is 4. The number of aromatic nitrogens is 2. The SMILES string of the molecule is CC(NCc1ncc[nH]1)c1cccc(C(F)(F)F)c1.Cl. The average molecular weight is 306 g/mol. The number of H-pyrrole nitrogens is 1. The highest BCUT2D eigenvalue weighted by atomic mass is 35.5. The molecule has 0 fully saturated rings. The maximum Gasteiger partial charge on any atom is 0.416 e. The quantitative estimate of drug-likeness (QED) is 0.904. The van der Waals surface area contributed by atoms with E-state index in [9.17, 15) is 13.2 Å². The number of hydrogen-bond acceptors (Lipinski definition) is 2. The molecule has 0 radical (unpaired) electrons. The van der Waals surface area contributed by atoms with Gasteiger partial charge in [-0.15, -0.1) is 12.4 Å². The van der Waals surface area contributed by atoms with Crippen molar-refractivity contribution in [1.29, 1.82) is 0 Å². The molecule has 1 aromatic heterocycles. The van der Waals surface area contributed by atoms with Crippen molar-refractivity contribution in [1.82, 2.24) is 15.3 Å². The number of benzene rings is 1.